The van der Waals surface area contributed by atoms with Crippen LogP contribution in [0.2, 0.25) is 0 Å². The fraction of sp³-hybridized carbons (Fsp3) is 0.972. The Morgan fingerprint density at radius 3 is 2.31 bits per heavy atom. The van der Waals surface area contributed by atoms with Crippen molar-refractivity contribution in [2.24, 2.45) is 50.7 Å². The van der Waals surface area contributed by atoms with E-state index < -0.39 is 35.8 Å². The Kier molecular flexibility index (Phi) is 7.28. The highest BCUT2D eigenvalue weighted by Gasteiger charge is 2.88. The Morgan fingerprint density at radius 2 is 1.64 bits per heavy atom. The first kappa shape index (κ1) is 32.9. The molecule has 16 unspecified atom stereocenters. The number of hydrogen-bond donors (Lipinski definition) is 4. The molecule has 2 saturated heterocycles. The summed E-state index contributed by atoms with van der Waals surface area (Å²) in [6.07, 6.45) is 2.90. The number of carbonyl (C=O) groups is 1. The number of rotatable bonds is 8. The Bertz CT molecular complexity index is 1210. The molecular formula is C36H58O9. The zero-order valence-corrected chi connectivity index (χ0v) is 28.6. The second-order valence-corrected chi connectivity index (χ2v) is 18.1. The van der Waals surface area contributed by atoms with Crippen molar-refractivity contribution in [2.45, 2.75) is 154 Å². The van der Waals surface area contributed by atoms with Crippen LogP contribution >= 0.6 is 0 Å². The SMILES string of the molecule is COC(C)(C)C1OC23OC1CC(C)C2C1(C)CCC24CC25CCC(OCC(O)C(O)C(O)C=O)C(C)(C)C5CCC4C1(C)C3O. The van der Waals surface area contributed by atoms with Crippen LogP contribution in [0.5, 0.6) is 0 Å². The van der Waals surface area contributed by atoms with E-state index in [1.807, 2.05) is 0 Å². The number of aldehydes is 1. The van der Waals surface area contributed by atoms with Gasteiger partial charge in [-0.15, -0.1) is 0 Å². The summed E-state index contributed by atoms with van der Waals surface area (Å²) in [6.45, 7) is 15.8. The van der Waals surface area contributed by atoms with Crippen LogP contribution in [0.3, 0.4) is 0 Å². The molecule has 0 radical (unpaired) electrons. The van der Waals surface area contributed by atoms with Gasteiger partial charge in [0.25, 0.3) is 0 Å². The van der Waals surface area contributed by atoms with Gasteiger partial charge in [-0.2, -0.15) is 0 Å². The number of carbonyl (C=O) groups excluding carboxylic acids is 1. The third-order valence-corrected chi connectivity index (χ3v) is 16.0. The summed E-state index contributed by atoms with van der Waals surface area (Å²) in [5.41, 5.74) is -0.764. The Hall–Kier alpha value is -0.650. The molecule has 9 heteroatoms. The summed E-state index contributed by atoms with van der Waals surface area (Å²) in [6, 6.07) is 0. The minimum atomic E-state index is -1.63. The molecule has 9 nitrogen and oxygen atoms in total. The van der Waals surface area contributed by atoms with Crippen LogP contribution in [-0.2, 0) is 23.7 Å². The van der Waals surface area contributed by atoms with Crippen molar-refractivity contribution < 1.29 is 44.2 Å². The van der Waals surface area contributed by atoms with E-state index in [0.717, 1.165) is 38.5 Å². The zero-order chi connectivity index (χ0) is 32.8. The number of aliphatic hydroxyl groups is 4. The van der Waals surface area contributed by atoms with E-state index in [9.17, 15) is 25.2 Å². The second kappa shape index (κ2) is 9.96. The first-order valence-electron chi connectivity index (χ1n) is 17.6. The van der Waals surface area contributed by atoms with E-state index >= 15 is 0 Å². The molecule has 5 aliphatic carbocycles. The van der Waals surface area contributed by atoms with Gasteiger partial charge in [0.05, 0.1) is 24.4 Å². The maximum Gasteiger partial charge on any atom is 0.199 e. The Balaban J connectivity index is 1.16. The summed E-state index contributed by atoms with van der Waals surface area (Å²) in [5.74, 6) is 0.295. The van der Waals surface area contributed by atoms with Crippen LogP contribution in [0.25, 0.3) is 0 Å². The average Bonchev–Trinajstić information content (AvgIpc) is 3.51. The number of methoxy groups -OCH3 is 1. The van der Waals surface area contributed by atoms with Crippen LogP contribution < -0.4 is 0 Å². The van der Waals surface area contributed by atoms with Gasteiger partial charge < -0.3 is 44.2 Å². The van der Waals surface area contributed by atoms with Crippen LogP contribution in [0, 0.1) is 50.7 Å². The molecule has 2 aliphatic heterocycles. The molecule has 45 heavy (non-hydrogen) atoms. The van der Waals surface area contributed by atoms with Crippen molar-refractivity contribution in [1.29, 1.82) is 0 Å². The molecule has 0 aromatic heterocycles. The van der Waals surface area contributed by atoms with Crippen LogP contribution in [0.4, 0.5) is 0 Å². The van der Waals surface area contributed by atoms with Gasteiger partial charge in [-0.05, 0) is 105 Å². The highest BCUT2D eigenvalue weighted by molar-refractivity contribution is 5.56. The highest BCUT2D eigenvalue weighted by atomic mass is 16.8. The molecule has 7 fully saturated rings. The molecule has 2 bridgehead atoms. The van der Waals surface area contributed by atoms with E-state index in [0.29, 0.717) is 17.8 Å². The molecule has 0 aromatic rings. The highest BCUT2D eigenvalue weighted by Crippen LogP contribution is 2.90. The smallest absolute Gasteiger partial charge is 0.199 e. The molecule has 256 valence electrons. The predicted octanol–water partition coefficient (Wildman–Crippen LogP) is 3.62. The average molecular weight is 635 g/mol. The number of hydrogen-bond acceptors (Lipinski definition) is 9. The summed E-state index contributed by atoms with van der Waals surface area (Å²) in [7, 11) is 1.73. The van der Waals surface area contributed by atoms with Crippen LogP contribution in [0.1, 0.15) is 99.8 Å². The van der Waals surface area contributed by atoms with Crippen LogP contribution in [0.15, 0.2) is 0 Å². The molecule has 0 amide bonds. The van der Waals surface area contributed by atoms with Gasteiger partial charge in [-0.25, -0.2) is 0 Å². The molecule has 3 spiro atoms. The molecule has 2 heterocycles. The largest absolute Gasteiger partial charge is 0.388 e. The van der Waals surface area contributed by atoms with Gasteiger partial charge in [0, 0.05) is 18.4 Å². The van der Waals surface area contributed by atoms with Crippen LogP contribution in [-0.4, -0.2) is 94.5 Å². The molecule has 4 N–H and O–H groups in total. The van der Waals surface area contributed by atoms with Gasteiger partial charge in [0.2, 0.25) is 0 Å². The molecule has 0 aromatic carbocycles. The monoisotopic (exact) mass is 634 g/mol. The lowest BCUT2D eigenvalue weighted by Crippen LogP contribution is -2.60. The third kappa shape index (κ3) is 3.82. The number of fused-ring (bicyclic) bond motifs is 4. The van der Waals surface area contributed by atoms with Gasteiger partial charge >= 0.3 is 0 Å². The summed E-state index contributed by atoms with van der Waals surface area (Å²) >= 11 is 0. The Morgan fingerprint density at radius 1 is 0.978 bits per heavy atom. The topological polar surface area (TPSA) is 135 Å². The first-order chi connectivity index (χ1) is 20.9. The summed E-state index contributed by atoms with van der Waals surface area (Å²) in [5, 5.41) is 42.9. The van der Waals surface area contributed by atoms with Crippen molar-refractivity contribution in [3.63, 3.8) is 0 Å². The molecule has 16 atom stereocenters. The van der Waals surface area contributed by atoms with E-state index in [1.54, 1.807) is 7.11 Å². The maximum absolute atomic E-state index is 12.7. The predicted molar refractivity (Wildman–Crippen MR) is 165 cm³/mol. The van der Waals surface area contributed by atoms with E-state index in [2.05, 4.69) is 48.5 Å². The van der Waals surface area contributed by atoms with E-state index in [1.165, 1.54) is 12.8 Å². The van der Waals surface area contributed by atoms with Gasteiger partial charge in [-0.1, -0.05) is 34.6 Å². The normalized spacial score (nSPS) is 54.5. The lowest BCUT2D eigenvalue weighted by Gasteiger charge is -2.63. The number of aliphatic hydroxyl groups excluding tert-OH is 4. The maximum atomic E-state index is 12.7. The second-order valence-electron chi connectivity index (χ2n) is 18.1. The third-order valence-electron chi connectivity index (χ3n) is 16.0. The van der Waals surface area contributed by atoms with E-state index in [4.69, 9.17) is 18.9 Å². The standard InChI is InChI=1S/C36H58O9/c1-19-15-22-28(31(4,5)42-8)45-36(44-22)27(19)32(6)13-14-35-18-34(35)12-11-25(43-17-21(39)26(40)20(38)16-37)30(2,3)23(34)9-10-24(35)33(32,7)29(36)41/h16,19-29,38-41H,9-15,17-18H2,1-8H3. The summed E-state index contributed by atoms with van der Waals surface area (Å²) < 4.78 is 26.2. The van der Waals surface area contributed by atoms with Crippen molar-refractivity contribution in [2.75, 3.05) is 13.7 Å². The van der Waals surface area contributed by atoms with Crippen molar-refractivity contribution in [1.82, 2.24) is 0 Å². The minimum absolute atomic E-state index is 0.0948. The first-order valence-corrected chi connectivity index (χ1v) is 17.6. The Labute approximate surface area is 268 Å². The fourth-order valence-corrected chi connectivity index (χ4v) is 13.7. The van der Waals surface area contributed by atoms with E-state index in [-0.39, 0.29) is 64.2 Å². The lowest BCUT2D eigenvalue weighted by atomic mass is 9.41. The van der Waals surface area contributed by atoms with Gasteiger partial charge in [-0.3, -0.25) is 0 Å². The lowest BCUT2D eigenvalue weighted by molar-refractivity contribution is -0.283. The molecular weight excluding hydrogens is 576 g/mol. The van der Waals surface area contributed by atoms with Crippen molar-refractivity contribution in [3.8, 4) is 0 Å². The van der Waals surface area contributed by atoms with Gasteiger partial charge in [0.1, 0.15) is 30.5 Å². The fourth-order valence-electron chi connectivity index (χ4n) is 13.7. The molecule has 7 aliphatic rings. The number of ether oxygens (including phenoxy) is 4. The van der Waals surface area contributed by atoms with Gasteiger partial charge in [0.15, 0.2) is 12.1 Å². The molecule has 5 saturated carbocycles. The minimum Gasteiger partial charge on any atom is -0.388 e. The molecule has 7 rings (SSSR count). The van der Waals surface area contributed by atoms with Crippen molar-refractivity contribution >= 4 is 6.29 Å². The zero-order valence-electron chi connectivity index (χ0n) is 28.6. The van der Waals surface area contributed by atoms with Crippen molar-refractivity contribution in [3.05, 3.63) is 0 Å². The summed E-state index contributed by atoms with van der Waals surface area (Å²) in [4.78, 5) is 10.9. The quantitative estimate of drug-likeness (QED) is 0.296.